The van der Waals surface area contributed by atoms with Crippen molar-refractivity contribution in [2.24, 2.45) is 36.1 Å². The Labute approximate surface area is 304 Å². The van der Waals surface area contributed by atoms with Crippen LogP contribution in [0.2, 0.25) is 5.02 Å². The Balaban J connectivity index is 1.13. The van der Waals surface area contributed by atoms with Crippen LogP contribution < -0.4 is 4.90 Å². The summed E-state index contributed by atoms with van der Waals surface area (Å²) < 4.78 is 8.81. The SMILES string of the molecule is Cc1c(-c2cc(N3C(=O)[C@@H]4C[C@@H]5C(=CC[C@@H]6C(=O)N(C7CCCCC7)C(=O)[C@@H]65)[C@H](c5ccc(CO)o5)[C@]4(C)C3=O)n(C)n2)sc2ccc(Cl)cc12. The van der Waals surface area contributed by atoms with Gasteiger partial charge in [0.25, 0.3) is 0 Å². The molecule has 5 heterocycles. The fourth-order valence-corrected chi connectivity index (χ4v) is 11.4. The van der Waals surface area contributed by atoms with Gasteiger partial charge in [-0.15, -0.1) is 11.3 Å². The number of likely N-dealkylation sites (tertiary alicyclic amines) is 1. The second-order valence-electron chi connectivity index (χ2n) is 15.2. The predicted octanol–water partition coefficient (Wildman–Crippen LogP) is 6.91. The Morgan fingerprint density at radius 2 is 1.80 bits per heavy atom. The number of imide groups is 2. The second kappa shape index (κ2) is 11.7. The molecule has 1 N–H and O–H groups in total. The molecule has 2 saturated heterocycles. The first-order valence-corrected chi connectivity index (χ1v) is 19.1. The number of furan rings is 1. The minimum atomic E-state index is -1.25. The van der Waals surface area contributed by atoms with Gasteiger partial charge in [-0.25, -0.2) is 4.90 Å². The fourth-order valence-electron chi connectivity index (χ4n) is 10.1. The zero-order valence-electron chi connectivity index (χ0n) is 28.7. The molecule has 4 amide bonds. The molecule has 9 rings (SSSR count). The van der Waals surface area contributed by atoms with Crippen molar-refractivity contribution in [3.63, 3.8) is 0 Å². The van der Waals surface area contributed by atoms with Crippen LogP contribution in [-0.2, 0) is 32.8 Å². The number of hydrogen-bond donors (Lipinski definition) is 1. The lowest BCUT2D eigenvalue weighted by Crippen LogP contribution is -2.49. The highest BCUT2D eigenvalue weighted by Crippen LogP contribution is 2.64. The first-order valence-electron chi connectivity index (χ1n) is 17.9. The van der Waals surface area contributed by atoms with Gasteiger partial charge in [0.1, 0.15) is 29.6 Å². The summed E-state index contributed by atoms with van der Waals surface area (Å²) in [5.41, 5.74) is 1.28. The van der Waals surface area contributed by atoms with Crippen molar-refractivity contribution >= 4 is 62.5 Å². The number of allylic oxidation sites excluding steroid dienone is 2. The standard InChI is InChI=1S/C39H39ClN4O6S/c1-19-25-15-20(40)9-14-30(25)51-34(19)28-17-31(42(3)41-28)44-36(47)27-16-26-23(33(39(27,2)38(44)49)29-13-10-22(18-45)50-29)11-12-24-32(26)37(48)43(35(24)46)21-7-5-4-6-8-21/h9-11,13-15,17,21,24,26-27,32-33,45H,4-8,12,16,18H2,1-3H3/t24-,26+,27-,32-,33+,39+/m0/s1. The van der Waals surface area contributed by atoms with Gasteiger partial charge < -0.3 is 9.52 Å². The molecule has 264 valence electrons. The number of halogens is 1. The van der Waals surface area contributed by atoms with Crippen LogP contribution in [0.4, 0.5) is 5.82 Å². The smallest absolute Gasteiger partial charge is 0.242 e. The van der Waals surface area contributed by atoms with Crippen LogP contribution in [0.1, 0.15) is 74.9 Å². The van der Waals surface area contributed by atoms with Crippen molar-refractivity contribution in [3.8, 4) is 10.6 Å². The van der Waals surface area contributed by atoms with Crippen molar-refractivity contribution in [2.75, 3.05) is 4.90 Å². The molecule has 12 heteroatoms. The van der Waals surface area contributed by atoms with Crippen molar-refractivity contribution in [1.82, 2.24) is 14.7 Å². The molecule has 5 aliphatic rings. The molecule has 51 heavy (non-hydrogen) atoms. The van der Waals surface area contributed by atoms with E-state index in [4.69, 9.17) is 21.1 Å². The van der Waals surface area contributed by atoms with Gasteiger partial charge >= 0.3 is 0 Å². The van der Waals surface area contributed by atoms with Crippen LogP contribution in [0, 0.1) is 36.0 Å². The average Bonchev–Trinajstić information content (AvgIpc) is 3.92. The molecular formula is C39H39ClN4O6S. The van der Waals surface area contributed by atoms with E-state index < -0.39 is 35.0 Å². The molecule has 4 fully saturated rings. The number of amides is 4. The number of aliphatic hydroxyl groups is 1. The van der Waals surface area contributed by atoms with Crippen LogP contribution in [0.3, 0.4) is 0 Å². The van der Waals surface area contributed by atoms with E-state index in [2.05, 4.69) is 0 Å². The van der Waals surface area contributed by atoms with E-state index >= 15 is 0 Å². The zero-order chi connectivity index (χ0) is 35.5. The van der Waals surface area contributed by atoms with Gasteiger partial charge in [-0.05, 0) is 86.7 Å². The summed E-state index contributed by atoms with van der Waals surface area (Å²) in [6, 6.07) is 10.9. The number of carbonyl (C=O) groups is 4. The minimum absolute atomic E-state index is 0.0829. The van der Waals surface area contributed by atoms with Gasteiger partial charge in [-0.1, -0.05) is 42.5 Å². The van der Waals surface area contributed by atoms with E-state index in [0.29, 0.717) is 34.5 Å². The Kier molecular flexibility index (Phi) is 7.55. The van der Waals surface area contributed by atoms with E-state index in [-0.39, 0.29) is 42.7 Å². The zero-order valence-corrected chi connectivity index (χ0v) is 30.3. The Hall–Kier alpha value is -4.06. The third kappa shape index (κ3) is 4.59. The molecule has 0 radical (unpaired) electrons. The van der Waals surface area contributed by atoms with Crippen molar-refractivity contribution in [2.45, 2.75) is 77.4 Å². The van der Waals surface area contributed by atoms with Crippen LogP contribution in [0.15, 0.2) is 52.5 Å². The molecular weight excluding hydrogens is 688 g/mol. The normalized spacial score (nSPS) is 29.6. The maximum Gasteiger partial charge on any atom is 0.242 e. The van der Waals surface area contributed by atoms with Gasteiger partial charge in [0.05, 0.1) is 34.0 Å². The van der Waals surface area contributed by atoms with Gasteiger partial charge in [-0.3, -0.25) is 28.8 Å². The number of aryl methyl sites for hydroxylation is 2. The van der Waals surface area contributed by atoms with Gasteiger partial charge in [0.15, 0.2) is 0 Å². The van der Waals surface area contributed by atoms with Gasteiger partial charge in [-0.2, -0.15) is 5.10 Å². The molecule has 0 bridgehead atoms. The average molecular weight is 727 g/mol. The summed E-state index contributed by atoms with van der Waals surface area (Å²) in [6.45, 7) is 3.53. The monoisotopic (exact) mass is 726 g/mol. The van der Waals surface area contributed by atoms with Gasteiger partial charge in [0, 0.05) is 28.9 Å². The lowest BCUT2D eigenvalue weighted by Gasteiger charge is -2.48. The van der Waals surface area contributed by atoms with Crippen LogP contribution in [-0.4, -0.2) is 49.5 Å². The number of aromatic nitrogens is 2. The second-order valence-corrected chi connectivity index (χ2v) is 16.7. The highest BCUT2D eigenvalue weighted by molar-refractivity contribution is 7.22. The van der Waals surface area contributed by atoms with E-state index in [1.54, 1.807) is 46.2 Å². The number of nitrogens with zero attached hydrogens (tertiary/aromatic N) is 4. The molecule has 3 aromatic heterocycles. The largest absolute Gasteiger partial charge is 0.463 e. The third-order valence-electron chi connectivity index (χ3n) is 12.6. The quantitative estimate of drug-likeness (QED) is 0.175. The number of thiophene rings is 1. The van der Waals surface area contributed by atoms with Crippen molar-refractivity contribution < 1.29 is 28.7 Å². The Morgan fingerprint density at radius 1 is 1.02 bits per heavy atom. The summed E-state index contributed by atoms with van der Waals surface area (Å²) in [5.74, 6) is -2.71. The predicted molar refractivity (Wildman–Crippen MR) is 192 cm³/mol. The molecule has 6 atom stereocenters. The summed E-state index contributed by atoms with van der Waals surface area (Å²) in [4.78, 5) is 61.7. The van der Waals surface area contributed by atoms with E-state index in [1.807, 2.05) is 38.1 Å². The number of rotatable bonds is 5. The van der Waals surface area contributed by atoms with Crippen LogP contribution >= 0.6 is 22.9 Å². The summed E-state index contributed by atoms with van der Waals surface area (Å²) in [5, 5.41) is 16.4. The summed E-state index contributed by atoms with van der Waals surface area (Å²) in [7, 11) is 1.73. The Morgan fingerprint density at radius 3 is 2.55 bits per heavy atom. The molecule has 4 aromatic rings. The highest BCUT2D eigenvalue weighted by atomic mass is 35.5. The molecule has 2 saturated carbocycles. The number of anilines is 1. The molecule has 1 aromatic carbocycles. The van der Waals surface area contributed by atoms with E-state index in [1.165, 1.54) is 4.90 Å². The molecule has 2 aliphatic heterocycles. The highest BCUT2D eigenvalue weighted by Gasteiger charge is 2.68. The molecule has 0 spiro atoms. The fraction of sp³-hybridized carbons (Fsp3) is 0.462. The van der Waals surface area contributed by atoms with Gasteiger partial charge in [0.2, 0.25) is 23.6 Å². The molecule has 3 aliphatic carbocycles. The summed E-state index contributed by atoms with van der Waals surface area (Å²) >= 11 is 7.89. The third-order valence-corrected chi connectivity index (χ3v) is 14.1. The van der Waals surface area contributed by atoms with Crippen LogP contribution in [0.25, 0.3) is 20.7 Å². The lowest BCUT2D eigenvalue weighted by atomic mass is 9.52. The number of aliphatic hydroxyl groups excluding tert-OH is 1. The minimum Gasteiger partial charge on any atom is -0.463 e. The number of carbonyl (C=O) groups excluding carboxylic acids is 4. The first kappa shape index (κ1) is 32.8. The van der Waals surface area contributed by atoms with Crippen LogP contribution in [0.5, 0.6) is 0 Å². The lowest BCUT2D eigenvalue weighted by molar-refractivity contribution is -0.144. The van der Waals surface area contributed by atoms with Crippen molar-refractivity contribution in [3.05, 3.63) is 70.2 Å². The summed E-state index contributed by atoms with van der Waals surface area (Å²) in [6.07, 6.45) is 7.45. The topological polar surface area (TPSA) is 126 Å². The maximum atomic E-state index is 15.0. The first-order chi connectivity index (χ1) is 24.5. The Bertz CT molecular complexity index is 2190. The number of hydrogen-bond acceptors (Lipinski definition) is 8. The maximum absolute atomic E-state index is 15.0. The number of benzene rings is 1. The number of fused-ring (bicyclic) bond motifs is 5. The molecule has 10 nitrogen and oxygen atoms in total. The van der Waals surface area contributed by atoms with E-state index in [0.717, 1.165) is 58.2 Å². The molecule has 0 unspecified atom stereocenters. The van der Waals surface area contributed by atoms with Crippen molar-refractivity contribution in [1.29, 1.82) is 0 Å². The van der Waals surface area contributed by atoms with E-state index in [9.17, 15) is 24.3 Å².